The van der Waals surface area contributed by atoms with E-state index in [2.05, 4.69) is 17.0 Å². The Balaban J connectivity index is 2.07. The van der Waals surface area contributed by atoms with Crippen molar-refractivity contribution in [1.82, 2.24) is 4.90 Å². The topological polar surface area (TPSA) is 58.8 Å². The van der Waals surface area contributed by atoms with E-state index in [9.17, 15) is 4.79 Å². The summed E-state index contributed by atoms with van der Waals surface area (Å²) in [6.45, 7) is 5.92. The van der Waals surface area contributed by atoms with Crippen LogP contribution in [0.2, 0.25) is 0 Å². The van der Waals surface area contributed by atoms with Crippen molar-refractivity contribution in [2.45, 2.75) is 32.4 Å². The molecule has 2 rings (SSSR count). The van der Waals surface area contributed by atoms with Gasteiger partial charge in [-0.2, -0.15) is 0 Å². The third-order valence-corrected chi connectivity index (χ3v) is 4.04. The number of anilines is 1. The average molecular weight is 305 g/mol. The normalized spacial score (nSPS) is 16.4. The van der Waals surface area contributed by atoms with Crippen LogP contribution >= 0.6 is 0 Å². The van der Waals surface area contributed by atoms with Crippen LogP contribution in [-0.2, 0) is 16.1 Å². The summed E-state index contributed by atoms with van der Waals surface area (Å²) in [5, 5.41) is 0. The number of carbonyl (C=O) groups excluding carboxylic acids is 1. The zero-order valence-electron chi connectivity index (χ0n) is 13.6. The average Bonchev–Trinajstić information content (AvgIpc) is 2.55. The van der Waals surface area contributed by atoms with Gasteiger partial charge in [0.25, 0.3) is 0 Å². The van der Waals surface area contributed by atoms with Crippen LogP contribution < -0.4 is 10.6 Å². The SMILES string of the molecule is CCCC(N)C(=O)N(C)Cc1ccccc1N1CCOCC1. The summed E-state index contributed by atoms with van der Waals surface area (Å²) in [7, 11) is 1.83. The van der Waals surface area contributed by atoms with Crippen molar-refractivity contribution >= 4 is 11.6 Å². The van der Waals surface area contributed by atoms with Crippen molar-refractivity contribution in [3.63, 3.8) is 0 Å². The number of amides is 1. The largest absolute Gasteiger partial charge is 0.378 e. The number of ether oxygens (including phenoxy) is 1. The lowest BCUT2D eigenvalue weighted by atomic mass is 10.1. The van der Waals surface area contributed by atoms with E-state index in [-0.39, 0.29) is 5.91 Å². The molecule has 1 aromatic rings. The van der Waals surface area contributed by atoms with E-state index in [1.807, 2.05) is 26.1 Å². The molecule has 1 aliphatic rings. The van der Waals surface area contributed by atoms with Gasteiger partial charge < -0.3 is 20.3 Å². The third-order valence-electron chi connectivity index (χ3n) is 4.04. The molecule has 1 atom stereocenters. The van der Waals surface area contributed by atoms with E-state index in [4.69, 9.17) is 10.5 Å². The van der Waals surface area contributed by atoms with Crippen LogP contribution in [0.25, 0.3) is 0 Å². The fourth-order valence-electron chi connectivity index (χ4n) is 2.81. The smallest absolute Gasteiger partial charge is 0.239 e. The molecular weight excluding hydrogens is 278 g/mol. The van der Waals surface area contributed by atoms with E-state index in [0.717, 1.165) is 44.7 Å². The van der Waals surface area contributed by atoms with Crippen molar-refractivity contribution in [2.24, 2.45) is 5.73 Å². The first-order chi connectivity index (χ1) is 10.6. The predicted molar refractivity (Wildman–Crippen MR) is 88.8 cm³/mol. The first-order valence-corrected chi connectivity index (χ1v) is 8.04. The van der Waals surface area contributed by atoms with Gasteiger partial charge in [-0.1, -0.05) is 31.5 Å². The number of likely N-dealkylation sites (N-methyl/N-ethyl adjacent to an activating group) is 1. The minimum absolute atomic E-state index is 0.0126. The van der Waals surface area contributed by atoms with Crippen LogP contribution in [0.5, 0.6) is 0 Å². The standard InChI is InChI=1S/C17H27N3O2/c1-3-6-15(18)17(21)19(2)13-14-7-4-5-8-16(14)20-9-11-22-12-10-20/h4-5,7-8,15H,3,6,9-13,18H2,1-2H3. The molecule has 1 unspecified atom stereocenters. The molecule has 1 amide bonds. The van der Waals surface area contributed by atoms with Crippen molar-refractivity contribution in [3.05, 3.63) is 29.8 Å². The molecule has 5 nitrogen and oxygen atoms in total. The van der Waals surface area contributed by atoms with Crippen molar-refractivity contribution < 1.29 is 9.53 Å². The van der Waals surface area contributed by atoms with E-state index in [1.165, 1.54) is 5.69 Å². The second-order valence-corrected chi connectivity index (χ2v) is 5.82. The molecule has 1 aromatic carbocycles. The molecule has 0 bridgehead atoms. The van der Waals surface area contributed by atoms with Crippen molar-refractivity contribution in [3.8, 4) is 0 Å². The van der Waals surface area contributed by atoms with Gasteiger partial charge in [-0.15, -0.1) is 0 Å². The molecular formula is C17H27N3O2. The lowest BCUT2D eigenvalue weighted by Crippen LogP contribution is -2.42. The Kier molecular flexibility index (Phi) is 6.21. The monoisotopic (exact) mass is 305 g/mol. The Labute approximate surface area is 133 Å². The summed E-state index contributed by atoms with van der Waals surface area (Å²) < 4.78 is 5.42. The number of hydrogen-bond donors (Lipinski definition) is 1. The van der Waals surface area contributed by atoms with Gasteiger partial charge in [0.15, 0.2) is 0 Å². The highest BCUT2D eigenvalue weighted by molar-refractivity contribution is 5.81. The lowest BCUT2D eigenvalue weighted by molar-refractivity contribution is -0.131. The molecule has 1 heterocycles. The Morgan fingerprint density at radius 2 is 2.05 bits per heavy atom. The summed E-state index contributed by atoms with van der Waals surface area (Å²) in [6, 6.07) is 7.86. The van der Waals surface area contributed by atoms with Gasteiger partial charge in [-0.05, 0) is 18.1 Å². The summed E-state index contributed by atoms with van der Waals surface area (Å²) in [5.74, 6) is 0.0126. The molecule has 0 saturated carbocycles. The number of nitrogens with two attached hydrogens (primary N) is 1. The molecule has 2 N–H and O–H groups in total. The predicted octanol–water partition coefficient (Wildman–Crippen LogP) is 1.61. The summed E-state index contributed by atoms with van der Waals surface area (Å²) in [5.41, 5.74) is 8.29. The van der Waals surface area contributed by atoms with Gasteiger partial charge in [0.2, 0.25) is 5.91 Å². The van der Waals surface area contributed by atoms with Crippen LogP contribution in [-0.4, -0.2) is 50.2 Å². The summed E-state index contributed by atoms with van der Waals surface area (Å²) in [6.07, 6.45) is 1.65. The van der Waals surface area contributed by atoms with Gasteiger partial charge in [0.05, 0.1) is 19.3 Å². The van der Waals surface area contributed by atoms with Gasteiger partial charge in [-0.25, -0.2) is 0 Å². The van der Waals surface area contributed by atoms with E-state index in [0.29, 0.717) is 6.54 Å². The number of hydrogen-bond acceptors (Lipinski definition) is 4. The molecule has 22 heavy (non-hydrogen) atoms. The van der Waals surface area contributed by atoms with Crippen LogP contribution in [0.1, 0.15) is 25.3 Å². The third kappa shape index (κ3) is 4.21. The molecule has 0 spiro atoms. The number of morpholine rings is 1. The summed E-state index contributed by atoms with van der Waals surface area (Å²) in [4.78, 5) is 16.4. The van der Waals surface area contributed by atoms with Crippen LogP contribution in [0, 0.1) is 0 Å². The highest BCUT2D eigenvalue weighted by Crippen LogP contribution is 2.22. The van der Waals surface area contributed by atoms with Gasteiger partial charge in [0.1, 0.15) is 0 Å². The number of para-hydroxylation sites is 1. The Hall–Kier alpha value is -1.59. The molecule has 1 saturated heterocycles. The highest BCUT2D eigenvalue weighted by Gasteiger charge is 2.20. The number of benzene rings is 1. The first kappa shape index (κ1) is 16.8. The molecule has 0 aromatic heterocycles. The lowest BCUT2D eigenvalue weighted by Gasteiger charge is -2.31. The Bertz CT molecular complexity index is 487. The van der Waals surface area contributed by atoms with Gasteiger partial charge in [-0.3, -0.25) is 4.79 Å². The van der Waals surface area contributed by atoms with Gasteiger partial charge in [0, 0.05) is 32.4 Å². The van der Waals surface area contributed by atoms with E-state index < -0.39 is 6.04 Å². The van der Waals surface area contributed by atoms with Gasteiger partial charge >= 0.3 is 0 Å². The van der Waals surface area contributed by atoms with Crippen molar-refractivity contribution in [2.75, 3.05) is 38.3 Å². The molecule has 0 aliphatic carbocycles. The molecule has 122 valence electrons. The van der Waals surface area contributed by atoms with E-state index >= 15 is 0 Å². The Morgan fingerprint density at radius 1 is 1.36 bits per heavy atom. The number of rotatable bonds is 6. The minimum atomic E-state index is -0.398. The molecule has 1 fully saturated rings. The zero-order valence-corrected chi connectivity index (χ0v) is 13.6. The number of nitrogens with zero attached hydrogens (tertiary/aromatic N) is 2. The Morgan fingerprint density at radius 3 is 2.73 bits per heavy atom. The van der Waals surface area contributed by atoms with E-state index in [1.54, 1.807) is 4.90 Å². The first-order valence-electron chi connectivity index (χ1n) is 8.04. The van der Waals surface area contributed by atoms with Crippen LogP contribution in [0.3, 0.4) is 0 Å². The fraction of sp³-hybridized carbons (Fsp3) is 0.588. The maximum atomic E-state index is 12.3. The molecule has 1 aliphatic heterocycles. The maximum Gasteiger partial charge on any atom is 0.239 e. The molecule has 0 radical (unpaired) electrons. The quantitative estimate of drug-likeness (QED) is 0.867. The second-order valence-electron chi connectivity index (χ2n) is 5.82. The summed E-state index contributed by atoms with van der Waals surface area (Å²) >= 11 is 0. The van der Waals surface area contributed by atoms with Crippen LogP contribution in [0.15, 0.2) is 24.3 Å². The minimum Gasteiger partial charge on any atom is -0.378 e. The fourth-order valence-corrected chi connectivity index (χ4v) is 2.81. The molecule has 5 heteroatoms. The highest BCUT2D eigenvalue weighted by atomic mass is 16.5. The maximum absolute atomic E-state index is 12.3. The van der Waals surface area contributed by atoms with Crippen LogP contribution in [0.4, 0.5) is 5.69 Å². The number of carbonyl (C=O) groups is 1. The van der Waals surface area contributed by atoms with Crippen molar-refractivity contribution in [1.29, 1.82) is 0 Å². The second kappa shape index (κ2) is 8.15. The zero-order chi connectivity index (χ0) is 15.9.